The van der Waals surface area contributed by atoms with Crippen LogP contribution in [0.25, 0.3) is 87.5 Å². The van der Waals surface area contributed by atoms with E-state index >= 15 is 0 Å². The van der Waals surface area contributed by atoms with Gasteiger partial charge in [-0.05, 0) is 110 Å². The molecule has 0 fully saturated rings. The maximum Gasteiger partial charge on any atom is 0.137 e. The van der Waals surface area contributed by atoms with Crippen LogP contribution in [0.4, 0.5) is 17.1 Å². The van der Waals surface area contributed by atoms with Gasteiger partial charge in [-0.15, -0.1) is 0 Å². The maximum absolute atomic E-state index is 6.47. The Morgan fingerprint density at radius 2 is 1.10 bits per heavy atom. The second kappa shape index (κ2) is 14.4. The van der Waals surface area contributed by atoms with Gasteiger partial charge in [0.05, 0.1) is 0 Å². The molecule has 0 bridgehead atoms. The normalized spacial score (nSPS) is 11.7. The lowest BCUT2D eigenvalue weighted by molar-refractivity contribution is 0.669. The summed E-state index contributed by atoms with van der Waals surface area (Å²) in [7, 11) is 0. The van der Waals surface area contributed by atoms with Crippen molar-refractivity contribution in [1.29, 1.82) is 0 Å². The highest BCUT2D eigenvalue weighted by atomic mass is 16.3. The summed E-state index contributed by atoms with van der Waals surface area (Å²) in [6, 6.07) is 79.2. The number of hydrogen-bond acceptors (Lipinski definition) is 2. The Morgan fingerprint density at radius 1 is 0.393 bits per heavy atom. The number of aromatic nitrogens is 1. The van der Waals surface area contributed by atoms with E-state index < -0.39 is 0 Å². The number of para-hydroxylation sites is 3. The minimum absolute atomic E-state index is 0.811. The van der Waals surface area contributed by atoms with E-state index in [2.05, 4.69) is 216 Å². The Morgan fingerprint density at radius 3 is 2.03 bits per heavy atom. The van der Waals surface area contributed by atoms with Crippen LogP contribution >= 0.6 is 0 Å². The van der Waals surface area contributed by atoms with E-state index in [0.29, 0.717) is 0 Å². The zero-order valence-corrected chi connectivity index (χ0v) is 33.5. The molecule has 3 heteroatoms. The van der Waals surface area contributed by atoms with Gasteiger partial charge in [-0.25, -0.2) is 0 Å². The number of rotatable bonds is 8. The molecule has 2 aromatic heterocycles. The third kappa shape index (κ3) is 5.97. The Kier molecular flexibility index (Phi) is 8.31. The monoisotopic (exact) mass is 780 g/mol. The first-order valence-electron chi connectivity index (χ1n) is 21.1. The van der Waals surface area contributed by atoms with Crippen LogP contribution < -0.4 is 4.90 Å². The van der Waals surface area contributed by atoms with Crippen LogP contribution in [0.1, 0.15) is 5.56 Å². The first-order valence-corrected chi connectivity index (χ1v) is 21.1. The average Bonchev–Trinajstić information content (AvgIpc) is 3.86. The number of benzene rings is 10. The van der Waals surface area contributed by atoms with E-state index in [1.165, 1.54) is 71.2 Å². The van der Waals surface area contributed by atoms with Gasteiger partial charge in [-0.2, -0.15) is 0 Å². The van der Waals surface area contributed by atoms with Gasteiger partial charge < -0.3 is 13.9 Å². The van der Waals surface area contributed by atoms with E-state index in [1.54, 1.807) is 0 Å². The lowest BCUT2D eigenvalue weighted by atomic mass is 9.93. The quantitative estimate of drug-likeness (QED) is 0.153. The summed E-state index contributed by atoms with van der Waals surface area (Å²) in [5.74, 6) is 0. The molecule has 0 spiro atoms. The summed E-state index contributed by atoms with van der Waals surface area (Å²) in [5.41, 5.74) is 13.7. The van der Waals surface area contributed by atoms with Crippen LogP contribution in [0.5, 0.6) is 0 Å². The lowest BCUT2D eigenvalue weighted by Crippen LogP contribution is -2.13. The van der Waals surface area contributed by atoms with Crippen LogP contribution in [0.15, 0.2) is 223 Å². The molecule has 0 saturated heterocycles. The lowest BCUT2D eigenvalue weighted by Gasteiger charge is -2.28. The van der Waals surface area contributed by atoms with Crippen molar-refractivity contribution in [3.63, 3.8) is 0 Å². The highest BCUT2D eigenvalue weighted by molar-refractivity contribution is 6.24. The second-order valence-electron chi connectivity index (χ2n) is 16.0. The predicted octanol–water partition coefficient (Wildman–Crippen LogP) is 16.0. The second-order valence-corrected chi connectivity index (χ2v) is 16.0. The maximum atomic E-state index is 6.47. The molecule has 3 nitrogen and oxygen atoms in total. The summed E-state index contributed by atoms with van der Waals surface area (Å²) in [6.45, 7) is 0.811. The summed E-state index contributed by atoms with van der Waals surface area (Å²) in [5, 5.41) is 9.90. The molecule has 0 aliphatic carbocycles. The van der Waals surface area contributed by atoms with Crippen molar-refractivity contribution in [3.8, 4) is 22.3 Å². The standard InChI is InChI=1S/C58H40N2O/c1-2-14-39(15-3-1)44-20-12-21-46(37-44)60(47-31-32-50-49-22-8-11-27-55(49)61-56(50)38-47)52-25-9-6-17-41(52)34-35-59-53-26-10-7-23-51(53)58-54(59)33-30-42-19-13-24-48(57(42)58)45-29-28-40-16-4-5-18-43(40)36-45/h1-33,36-38H,34-35H2. The summed E-state index contributed by atoms with van der Waals surface area (Å²) >= 11 is 0. The molecule has 61 heavy (non-hydrogen) atoms. The Hall–Kier alpha value is -7.88. The molecule has 10 aromatic carbocycles. The topological polar surface area (TPSA) is 21.3 Å². The molecule has 12 aromatic rings. The zero-order valence-electron chi connectivity index (χ0n) is 33.5. The summed E-state index contributed by atoms with van der Waals surface area (Å²) in [6.07, 6.45) is 0.829. The molecule has 0 amide bonds. The van der Waals surface area contributed by atoms with E-state index in [4.69, 9.17) is 4.42 Å². The number of furan rings is 1. The predicted molar refractivity (Wildman–Crippen MR) is 257 cm³/mol. The van der Waals surface area contributed by atoms with E-state index in [9.17, 15) is 0 Å². The van der Waals surface area contributed by atoms with Crippen LogP contribution in [-0.2, 0) is 13.0 Å². The van der Waals surface area contributed by atoms with Gasteiger partial charge in [0.2, 0.25) is 0 Å². The van der Waals surface area contributed by atoms with Crippen molar-refractivity contribution in [2.45, 2.75) is 13.0 Å². The zero-order chi connectivity index (χ0) is 40.3. The highest BCUT2D eigenvalue weighted by Crippen LogP contribution is 2.43. The van der Waals surface area contributed by atoms with Crippen LogP contribution in [0, 0.1) is 0 Å². The minimum Gasteiger partial charge on any atom is -0.456 e. The number of hydrogen-bond donors (Lipinski definition) is 0. The summed E-state index contributed by atoms with van der Waals surface area (Å²) in [4.78, 5) is 2.41. The molecule has 0 saturated carbocycles. The van der Waals surface area contributed by atoms with E-state index in [-0.39, 0.29) is 0 Å². The number of aryl methyl sites for hydroxylation is 2. The van der Waals surface area contributed by atoms with Gasteiger partial charge in [-0.1, -0.05) is 158 Å². The first-order chi connectivity index (χ1) is 30.2. The fraction of sp³-hybridized carbons (Fsp3) is 0.0345. The average molecular weight is 781 g/mol. The molecule has 0 atom stereocenters. The highest BCUT2D eigenvalue weighted by Gasteiger charge is 2.21. The van der Waals surface area contributed by atoms with E-state index in [1.807, 2.05) is 12.1 Å². The Balaban J connectivity index is 0.996. The molecule has 12 rings (SSSR count). The number of fused-ring (bicyclic) bond motifs is 9. The molecule has 0 unspecified atom stereocenters. The van der Waals surface area contributed by atoms with Gasteiger partial charge in [0.1, 0.15) is 11.2 Å². The number of nitrogens with zero attached hydrogens (tertiary/aromatic N) is 2. The van der Waals surface area contributed by atoms with Crippen LogP contribution in [0.3, 0.4) is 0 Å². The van der Waals surface area contributed by atoms with Crippen LogP contribution in [0.2, 0.25) is 0 Å². The molecular weight excluding hydrogens is 741 g/mol. The van der Waals surface area contributed by atoms with Gasteiger partial charge in [-0.3, -0.25) is 0 Å². The van der Waals surface area contributed by atoms with E-state index in [0.717, 1.165) is 52.0 Å². The first kappa shape index (κ1) is 35.1. The molecule has 0 radical (unpaired) electrons. The summed E-state index contributed by atoms with van der Waals surface area (Å²) < 4.78 is 9.01. The fourth-order valence-electron chi connectivity index (χ4n) is 9.66. The number of anilines is 3. The third-order valence-electron chi connectivity index (χ3n) is 12.5. The largest absolute Gasteiger partial charge is 0.456 e. The molecule has 2 heterocycles. The smallest absolute Gasteiger partial charge is 0.137 e. The van der Waals surface area contributed by atoms with Crippen molar-refractivity contribution < 1.29 is 4.42 Å². The SMILES string of the molecule is c1ccc(-c2cccc(N(c3ccc4c(c3)oc3ccccc34)c3ccccc3CCn3c4ccccc4c4c5c(-c6ccc7ccccc7c6)cccc5ccc43)c2)cc1. The molecule has 0 N–H and O–H groups in total. The van der Waals surface area contributed by atoms with Crippen LogP contribution in [-0.4, -0.2) is 4.57 Å². The van der Waals surface area contributed by atoms with Crippen molar-refractivity contribution in [2.24, 2.45) is 0 Å². The Labute approximate surface area is 354 Å². The van der Waals surface area contributed by atoms with Gasteiger partial charge in [0, 0.05) is 62.3 Å². The van der Waals surface area contributed by atoms with Crippen molar-refractivity contribution in [2.75, 3.05) is 4.90 Å². The van der Waals surface area contributed by atoms with Gasteiger partial charge in [0.15, 0.2) is 0 Å². The van der Waals surface area contributed by atoms with Gasteiger partial charge >= 0.3 is 0 Å². The van der Waals surface area contributed by atoms with Crippen molar-refractivity contribution in [1.82, 2.24) is 4.57 Å². The van der Waals surface area contributed by atoms with Gasteiger partial charge in [0.25, 0.3) is 0 Å². The Bertz CT molecular complexity index is 3610. The molecule has 288 valence electrons. The van der Waals surface area contributed by atoms with Crippen molar-refractivity contribution >= 4 is 82.4 Å². The third-order valence-corrected chi connectivity index (χ3v) is 12.5. The molecular formula is C58H40N2O. The molecule has 0 aliphatic heterocycles. The fourth-order valence-corrected chi connectivity index (χ4v) is 9.66. The molecule has 0 aliphatic rings. The minimum atomic E-state index is 0.811. The van der Waals surface area contributed by atoms with Crippen molar-refractivity contribution in [3.05, 3.63) is 224 Å².